The van der Waals surface area contributed by atoms with Crippen LogP contribution in [0.25, 0.3) is 0 Å². The minimum atomic E-state index is -0.914. The van der Waals surface area contributed by atoms with Crippen LogP contribution in [-0.2, 0) is 9.59 Å². The molecule has 1 heterocycles. The zero-order valence-corrected chi connectivity index (χ0v) is 9.48. The Morgan fingerprint density at radius 2 is 2.25 bits per heavy atom. The number of hydrogen-bond donors (Lipinski definition) is 2. The number of hydrogen-bond acceptors (Lipinski definition) is 4. The van der Waals surface area contributed by atoms with E-state index >= 15 is 0 Å². The standard InChI is InChI=1S/C11H18N2O3/c1-7(14)9(12)10(16)13-6-2-4-11(13)5-3-8(11)15/h7,9,14H,2-6,12H2,1H3. The van der Waals surface area contributed by atoms with Gasteiger partial charge in [-0.3, -0.25) is 9.59 Å². The maximum absolute atomic E-state index is 12.0. The molecule has 0 aromatic heterocycles. The number of ketones is 1. The molecule has 2 fully saturated rings. The van der Waals surface area contributed by atoms with Crippen LogP contribution in [0.1, 0.15) is 32.6 Å². The lowest BCUT2D eigenvalue weighted by Crippen LogP contribution is -2.63. The predicted octanol–water partition coefficient (Wildman–Crippen LogP) is -0.581. The van der Waals surface area contributed by atoms with Gasteiger partial charge in [-0.2, -0.15) is 0 Å². The zero-order valence-electron chi connectivity index (χ0n) is 9.48. The molecule has 2 aliphatic rings. The Kier molecular flexibility index (Phi) is 2.75. The number of aliphatic hydroxyl groups is 1. The van der Waals surface area contributed by atoms with Crippen molar-refractivity contribution >= 4 is 11.7 Å². The van der Waals surface area contributed by atoms with Crippen molar-refractivity contribution in [1.29, 1.82) is 0 Å². The molecule has 1 aliphatic carbocycles. The summed E-state index contributed by atoms with van der Waals surface area (Å²) in [6.07, 6.45) is 2.05. The Labute approximate surface area is 94.6 Å². The molecule has 1 saturated carbocycles. The van der Waals surface area contributed by atoms with Gasteiger partial charge in [0.05, 0.1) is 6.10 Å². The topological polar surface area (TPSA) is 83.6 Å². The van der Waals surface area contributed by atoms with Crippen molar-refractivity contribution in [3.8, 4) is 0 Å². The highest BCUT2D eigenvalue weighted by Gasteiger charge is 2.55. The normalized spacial score (nSPS) is 32.7. The summed E-state index contributed by atoms with van der Waals surface area (Å²) in [6, 6.07) is -0.914. The fourth-order valence-electron chi connectivity index (χ4n) is 2.65. The maximum atomic E-state index is 12.0. The molecule has 0 aromatic rings. The molecule has 0 bridgehead atoms. The van der Waals surface area contributed by atoms with E-state index in [0.717, 1.165) is 19.3 Å². The van der Waals surface area contributed by atoms with Crippen LogP contribution in [0.15, 0.2) is 0 Å². The molecule has 16 heavy (non-hydrogen) atoms. The van der Waals surface area contributed by atoms with Crippen LogP contribution in [0, 0.1) is 0 Å². The second-order valence-corrected chi connectivity index (χ2v) is 4.81. The molecule has 1 aliphatic heterocycles. The number of carbonyl (C=O) groups excluding carboxylic acids is 2. The third-order valence-electron chi connectivity index (χ3n) is 3.84. The van der Waals surface area contributed by atoms with Gasteiger partial charge >= 0.3 is 0 Å². The summed E-state index contributed by atoms with van der Waals surface area (Å²) < 4.78 is 0. The van der Waals surface area contributed by atoms with Crippen molar-refractivity contribution in [2.75, 3.05) is 6.54 Å². The lowest BCUT2D eigenvalue weighted by molar-refractivity contribution is -0.153. The summed E-state index contributed by atoms with van der Waals surface area (Å²) in [4.78, 5) is 25.3. The van der Waals surface area contributed by atoms with Crippen molar-refractivity contribution < 1.29 is 14.7 Å². The Morgan fingerprint density at radius 1 is 1.56 bits per heavy atom. The van der Waals surface area contributed by atoms with Crippen molar-refractivity contribution in [2.24, 2.45) is 5.73 Å². The molecular weight excluding hydrogens is 208 g/mol. The largest absolute Gasteiger partial charge is 0.391 e. The highest BCUT2D eigenvalue weighted by molar-refractivity contribution is 5.99. The summed E-state index contributed by atoms with van der Waals surface area (Å²) in [7, 11) is 0. The molecular formula is C11H18N2O3. The summed E-state index contributed by atoms with van der Waals surface area (Å²) >= 11 is 0. The summed E-state index contributed by atoms with van der Waals surface area (Å²) in [5, 5.41) is 9.32. The highest BCUT2D eigenvalue weighted by atomic mass is 16.3. The van der Waals surface area contributed by atoms with Gasteiger partial charge in [0.2, 0.25) is 5.91 Å². The number of Topliss-reactive ketones (excluding diaryl/α,β-unsaturated/α-hetero) is 1. The number of carbonyl (C=O) groups is 2. The molecule has 0 radical (unpaired) electrons. The summed E-state index contributed by atoms with van der Waals surface area (Å²) in [5.74, 6) is -0.142. The van der Waals surface area contributed by atoms with E-state index in [4.69, 9.17) is 5.73 Å². The molecule has 1 amide bonds. The Balaban J connectivity index is 2.15. The lowest BCUT2D eigenvalue weighted by Gasteiger charge is -2.44. The first-order valence-corrected chi connectivity index (χ1v) is 5.77. The SMILES string of the molecule is CC(O)C(N)C(=O)N1CCCC12CCC2=O. The number of nitrogens with zero attached hydrogens (tertiary/aromatic N) is 1. The molecule has 5 nitrogen and oxygen atoms in total. The van der Waals surface area contributed by atoms with E-state index in [0.29, 0.717) is 13.0 Å². The van der Waals surface area contributed by atoms with Crippen LogP contribution in [0.3, 0.4) is 0 Å². The van der Waals surface area contributed by atoms with Crippen LogP contribution in [0.4, 0.5) is 0 Å². The van der Waals surface area contributed by atoms with Crippen LogP contribution < -0.4 is 5.73 Å². The van der Waals surface area contributed by atoms with Gasteiger partial charge in [0, 0.05) is 13.0 Å². The zero-order chi connectivity index (χ0) is 11.9. The Bertz CT molecular complexity index is 329. The fraction of sp³-hybridized carbons (Fsp3) is 0.818. The Morgan fingerprint density at radius 3 is 2.69 bits per heavy atom. The van der Waals surface area contributed by atoms with Crippen LogP contribution in [0.5, 0.6) is 0 Å². The average molecular weight is 226 g/mol. The van der Waals surface area contributed by atoms with Gasteiger partial charge in [-0.25, -0.2) is 0 Å². The monoisotopic (exact) mass is 226 g/mol. The number of amides is 1. The minimum absolute atomic E-state index is 0.149. The van der Waals surface area contributed by atoms with Crippen molar-refractivity contribution in [1.82, 2.24) is 4.90 Å². The molecule has 1 saturated heterocycles. The molecule has 3 N–H and O–H groups in total. The molecule has 1 spiro atoms. The number of likely N-dealkylation sites (tertiary alicyclic amines) is 1. The molecule has 3 atom stereocenters. The predicted molar refractivity (Wildman–Crippen MR) is 57.6 cm³/mol. The average Bonchev–Trinajstić information content (AvgIpc) is 2.71. The Hall–Kier alpha value is -0.940. The fourth-order valence-corrected chi connectivity index (χ4v) is 2.65. The van der Waals surface area contributed by atoms with Gasteiger partial charge in [-0.1, -0.05) is 0 Å². The third kappa shape index (κ3) is 1.46. The summed E-state index contributed by atoms with van der Waals surface area (Å²) in [6.45, 7) is 2.08. The highest BCUT2D eigenvalue weighted by Crippen LogP contribution is 2.42. The number of nitrogens with two attached hydrogens (primary N) is 1. The second-order valence-electron chi connectivity index (χ2n) is 4.81. The smallest absolute Gasteiger partial charge is 0.242 e. The first-order chi connectivity index (χ1) is 7.49. The molecule has 90 valence electrons. The third-order valence-corrected chi connectivity index (χ3v) is 3.84. The van der Waals surface area contributed by atoms with Gasteiger partial charge in [-0.05, 0) is 26.2 Å². The van der Waals surface area contributed by atoms with Gasteiger partial charge in [-0.15, -0.1) is 0 Å². The van der Waals surface area contributed by atoms with E-state index in [1.54, 1.807) is 4.90 Å². The molecule has 0 aromatic carbocycles. The molecule has 3 unspecified atom stereocenters. The van der Waals surface area contributed by atoms with E-state index in [1.165, 1.54) is 6.92 Å². The quantitative estimate of drug-likeness (QED) is 0.659. The van der Waals surface area contributed by atoms with Crippen molar-refractivity contribution in [3.05, 3.63) is 0 Å². The van der Waals surface area contributed by atoms with E-state index in [1.807, 2.05) is 0 Å². The van der Waals surface area contributed by atoms with Gasteiger partial charge < -0.3 is 15.7 Å². The summed E-state index contributed by atoms with van der Waals surface area (Å²) in [5.41, 5.74) is 5.07. The van der Waals surface area contributed by atoms with E-state index in [9.17, 15) is 14.7 Å². The number of aliphatic hydroxyl groups excluding tert-OH is 1. The van der Waals surface area contributed by atoms with Gasteiger partial charge in [0.1, 0.15) is 11.6 Å². The van der Waals surface area contributed by atoms with Gasteiger partial charge in [0.25, 0.3) is 0 Å². The number of rotatable bonds is 2. The van der Waals surface area contributed by atoms with E-state index in [-0.39, 0.29) is 11.7 Å². The molecule has 5 heteroatoms. The lowest BCUT2D eigenvalue weighted by atomic mass is 9.73. The van der Waals surface area contributed by atoms with E-state index < -0.39 is 17.7 Å². The first kappa shape index (κ1) is 11.5. The van der Waals surface area contributed by atoms with Crippen molar-refractivity contribution in [2.45, 2.75) is 50.3 Å². The van der Waals surface area contributed by atoms with Crippen LogP contribution >= 0.6 is 0 Å². The van der Waals surface area contributed by atoms with Crippen LogP contribution in [-0.4, -0.2) is 45.9 Å². The minimum Gasteiger partial charge on any atom is -0.391 e. The maximum Gasteiger partial charge on any atom is 0.242 e. The second kappa shape index (κ2) is 3.82. The van der Waals surface area contributed by atoms with Gasteiger partial charge in [0.15, 0.2) is 5.78 Å². The first-order valence-electron chi connectivity index (χ1n) is 5.77. The molecule has 2 rings (SSSR count). The van der Waals surface area contributed by atoms with Crippen molar-refractivity contribution in [3.63, 3.8) is 0 Å². The van der Waals surface area contributed by atoms with E-state index in [2.05, 4.69) is 0 Å². The van der Waals surface area contributed by atoms with Crippen LogP contribution in [0.2, 0.25) is 0 Å².